The maximum absolute atomic E-state index is 3.78. The van der Waals surface area contributed by atoms with E-state index in [-0.39, 0.29) is 0 Å². The second-order valence-electron chi connectivity index (χ2n) is 5.30. The molecule has 1 aliphatic carbocycles. The minimum Gasteiger partial charge on any atom is -0.379 e. The summed E-state index contributed by atoms with van der Waals surface area (Å²) in [5.74, 6) is 0. The summed E-state index contributed by atoms with van der Waals surface area (Å²) in [5, 5.41) is 3.78. The van der Waals surface area contributed by atoms with Crippen molar-refractivity contribution in [3.05, 3.63) is 29.3 Å². The lowest BCUT2D eigenvalue weighted by Gasteiger charge is -2.34. The van der Waals surface area contributed by atoms with Gasteiger partial charge in [-0.1, -0.05) is 37.0 Å². The van der Waals surface area contributed by atoms with Gasteiger partial charge in [-0.25, -0.2) is 0 Å². The maximum atomic E-state index is 3.78. The summed E-state index contributed by atoms with van der Waals surface area (Å²) >= 11 is 0. The highest BCUT2D eigenvalue weighted by Crippen LogP contribution is 2.41. The molecule has 1 aromatic carbocycles. The van der Waals surface area contributed by atoms with Gasteiger partial charge >= 0.3 is 0 Å². The van der Waals surface area contributed by atoms with Gasteiger partial charge in [-0.2, -0.15) is 0 Å². The van der Waals surface area contributed by atoms with Crippen LogP contribution in [0.4, 0.5) is 5.69 Å². The Labute approximate surface area is 91.9 Å². The number of aryl methyl sites for hydroxylation is 1. The second kappa shape index (κ2) is 3.26. The minimum absolute atomic E-state index is 0.425. The van der Waals surface area contributed by atoms with E-state index < -0.39 is 0 Å². The fraction of sp³-hybridized carbons (Fsp3) is 0.571. The smallest absolute Gasteiger partial charge is 0.0414 e. The van der Waals surface area contributed by atoms with Crippen LogP contribution in [0.15, 0.2) is 18.2 Å². The van der Waals surface area contributed by atoms with E-state index >= 15 is 0 Å². The number of hydrogen-bond acceptors (Lipinski definition) is 1. The van der Waals surface area contributed by atoms with E-state index in [0.29, 0.717) is 5.54 Å². The van der Waals surface area contributed by atoms with Crippen molar-refractivity contribution in [2.45, 2.75) is 51.0 Å². The van der Waals surface area contributed by atoms with E-state index in [1.165, 1.54) is 55.3 Å². The fourth-order valence-electron chi connectivity index (χ4n) is 3.22. The molecule has 1 N–H and O–H groups in total. The third kappa shape index (κ3) is 1.54. The molecule has 1 saturated carbocycles. The number of nitrogens with one attached hydrogen (secondary N) is 1. The molecule has 1 spiro atoms. The molecule has 1 heteroatoms. The van der Waals surface area contributed by atoms with E-state index in [1.807, 2.05) is 0 Å². The van der Waals surface area contributed by atoms with Crippen LogP contribution in [-0.4, -0.2) is 5.54 Å². The van der Waals surface area contributed by atoms with Crippen molar-refractivity contribution in [2.75, 3.05) is 5.32 Å². The third-order valence-electron chi connectivity index (χ3n) is 4.00. The monoisotopic (exact) mass is 201 g/mol. The molecule has 1 aromatic rings. The second-order valence-corrected chi connectivity index (χ2v) is 5.30. The zero-order valence-electron chi connectivity index (χ0n) is 9.47. The molecule has 3 rings (SSSR count). The van der Waals surface area contributed by atoms with Crippen LogP contribution in [-0.2, 0) is 6.42 Å². The van der Waals surface area contributed by atoms with Gasteiger partial charge in [-0.15, -0.1) is 0 Å². The molecule has 0 amide bonds. The van der Waals surface area contributed by atoms with Crippen LogP contribution in [0.3, 0.4) is 0 Å². The molecule has 80 valence electrons. The van der Waals surface area contributed by atoms with Crippen molar-refractivity contribution in [1.82, 2.24) is 0 Å². The molecule has 0 saturated heterocycles. The van der Waals surface area contributed by atoms with Gasteiger partial charge in [0.05, 0.1) is 0 Å². The Morgan fingerprint density at radius 2 is 1.93 bits per heavy atom. The minimum atomic E-state index is 0.425. The van der Waals surface area contributed by atoms with Crippen LogP contribution in [0, 0.1) is 6.92 Å². The van der Waals surface area contributed by atoms with Crippen LogP contribution >= 0.6 is 0 Å². The standard InChI is InChI=1S/C14H19N/c1-11-5-6-13-12(9-11)10-14(15-13)7-3-2-4-8-14/h5-6,9,15H,2-4,7-8,10H2,1H3. The first-order valence-electron chi connectivity index (χ1n) is 6.15. The average Bonchev–Trinajstić information content (AvgIpc) is 2.56. The van der Waals surface area contributed by atoms with Gasteiger partial charge in [0, 0.05) is 11.2 Å². The zero-order valence-corrected chi connectivity index (χ0v) is 9.47. The zero-order chi connectivity index (χ0) is 10.3. The number of hydrogen-bond donors (Lipinski definition) is 1. The quantitative estimate of drug-likeness (QED) is 0.675. The van der Waals surface area contributed by atoms with Crippen molar-refractivity contribution >= 4 is 5.69 Å². The molecule has 0 atom stereocenters. The highest BCUT2D eigenvalue weighted by atomic mass is 15.0. The van der Waals surface area contributed by atoms with Gasteiger partial charge in [0.15, 0.2) is 0 Å². The number of fused-ring (bicyclic) bond motifs is 1. The van der Waals surface area contributed by atoms with E-state index in [0.717, 1.165) is 0 Å². The maximum Gasteiger partial charge on any atom is 0.0414 e. The molecule has 0 unspecified atom stereocenters. The Bertz CT molecular complexity index is 375. The van der Waals surface area contributed by atoms with E-state index in [9.17, 15) is 0 Å². The van der Waals surface area contributed by atoms with Gasteiger partial charge in [-0.05, 0) is 37.8 Å². The van der Waals surface area contributed by atoms with Crippen LogP contribution in [0.1, 0.15) is 43.2 Å². The lowest BCUT2D eigenvalue weighted by Crippen LogP contribution is -2.38. The molecule has 1 fully saturated rings. The molecule has 2 aliphatic rings. The van der Waals surface area contributed by atoms with E-state index in [4.69, 9.17) is 0 Å². The van der Waals surface area contributed by atoms with Gasteiger partial charge in [0.2, 0.25) is 0 Å². The normalized spacial score (nSPS) is 22.5. The van der Waals surface area contributed by atoms with Crippen LogP contribution in [0.2, 0.25) is 0 Å². The summed E-state index contributed by atoms with van der Waals surface area (Å²) in [7, 11) is 0. The van der Waals surface area contributed by atoms with Crippen molar-refractivity contribution in [1.29, 1.82) is 0 Å². The summed E-state index contributed by atoms with van der Waals surface area (Å²) in [6, 6.07) is 6.83. The van der Waals surface area contributed by atoms with Gasteiger partial charge in [0.25, 0.3) is 0 Å². The summed E-state index contributed by atoms with van der Waals surface area (Å²) in [6.45, 7) is 2.19. The largest absolute Gasteiger partial charge is 0.379 e. The first-order chi connectivity index (χ1) is 7.27. The number of rotatable bonds is 0. The highest BCUT2D eigenvalue weighted by molar-refractivity contribution is 5.60. The third-order valence-corrected chi connectivity index (χ3v) is 4.00. The Morgan fingerprint density at radius 1 is 1.13 bits per heavy atom. The van der Waals surface area contributed by atoms with Crippen molar-refractivity contribution in [2.24, 2.45) is 0 Å². The van der Waals surface area contributed by atoms with Crippen molar-refractivity contribution in [3.8, 4) is 0 Å². The molecular weight excluding hydrogens is 182 g/mol. The molecule has 1 aliphatic heterocycles. The van der Waals surface area contributed by atoms with Crippen LogP contribution < -0.4 is 5.32 Å². The topological polar surface area (TPSA) is 12.0 Å². The van der Waals surface area contributed by atoms with Crippen LogP contribution in [0.5, 0.6) is 0 Å². The molecule has 0 bridgehead atoms. The average molecular weight is 201 g/mol. The Balaban J connectivity index is 1.90. The van der Waals surface area contributed by atoms with Crippen molar-refractivity contribution < 1.29 is 0 Å². The van der Waals surface area contributed by atoms with Crippen LogP contribution in [0.25, 0.3) is 0 Å². The predicted octanol–water partition coefficient (Wildman–Crippen LogP) is 3.67. The molecule has 0 aromatic heterocycles. The fourth-order valence-corrected chi connectivity index (χ4v) is 3.22. The summed E-state index contributed by atoms with van der Waals surface area (Å²) in [5.41, 5.74) is 4.75. The summed E-state index contributed by atoms with van der Waals surface area (Å²) < 4.78 is 0. The lowest BCUT2D eigenvalue weighted by molar-refractivity contribution is 0.333. The number of benzene rings is 1. The summed E-state index contributed by atoms with van der Waals surface area (Å²) in [4.78, 5) is 0. The number of anilines is 1. The Morgan fingerprint density at radius 3 is 2.73 bits per heavy atom. The molecule has 15 heavy (non-hydrogen) atoms. The van der Waals surface area contributed by atoms with Crippen molar-refractivity contribution in [3.63, 3.8) is 0 Å². The molecule has 1 nitrogen and oxygen atoms in total. The van der Waals surface area contributed by atoms with Gasteiger partial charge in [0.1, 0.15) is 0 Å². The highest BCUT2D eigenvalue weighted by Gasteiger charge is 2.37. The first-order valence-corrected chi connectivity index (χ1v) is 6.15. The first kappa shape index (κ1) is 9.26. The Hall–Kier alpha value is -0.980. The van der Waals surface area contributed by atoms with E-state index in [2.05, 4.69) is 30.4 Å². The van der Waals surface area contributed by atoms with E-state index in [1.54, 1.807) is 0 Å². The predicted molar refractivity (Wildman–Crippen MR) is 64.3 cm³/mol. The molecule has 0 radical (unpaired) electrons. The lowest BCUT2D eigenvalue weighted by atomic mass is 9.80. The Kier molecular flexibility index (Phi) is 2.01. The summed E-state index contributed by atoms with van der Waals surface area (Å²) in [6.07, 6.45) is 8.21. The van der Waals surface area contributed by atoms with Gasteiger partial charge in [-0.3, -0.25) is 0 Å². The van der Waals surface area contributed by atoms with Gasteiger partial charge < -0.3 is 5.32 Å². The molecular formula is C14H19N. The molecule has 1 heterocycles. The SMILES string of the molecule is Cc1ccc2c(c1)CC1(CCCCC1)N2.